The summed E-state index contributed by atoms with van der Waals surface area (Å²) in [5, 5.41) is 21.0. The van der Waals surface area contributed by atoms with Crippen LogP contribution in [0.1, 0.15) is 11.1 Å². The van der Waals surface area contributed by atoms with E-state index in [1.807, 2.05) is 0 Å². The molecule has 0 spiro atoms. The number of ether oxygens (including phenoxy) is 1. The number of nitrogens with one attached hydrogen (secondary N) is 1. The highest BCUT2D eigenvalue weighted by atomic mass is 16.5. The fourth-order valence-corrected chi connectivity index (χ4v) is 1.70. The van der Waals surface area contributed by atoms with E-state index < -0.39 is 0 Å². The fourth-order valence-electron chi connectivity index (χ4n) is 1.70. The maximum absolute atomic E-state index is 9.11. The van der Waals surface area contributed by atoms with E-state index >= 15 is 0 Å². The maximum Gasteiger partial charge on any atom is 0.143 e. The van der Waals surface area contributed by atoms with Crippen molar-refractivity contribution in [3.63, 3.8) is 0 Å². The highest BCUT2D eigenvalue weighted by molar-refractivity contribution is 5.73. The molecule has 0 atom stereocenters. The zero-order valence-corrected chi connectivity index (χ0v) is 10.3. The van der Waals surface area contributed by atoms with Crippen LogP contribution in [-0.4, -0.2) is 7.11 Å². The minimum atomic E-state index is 0.503. The molecule has 2 aromatic carbocycles. The lowest BCUT2D eigenvalue weighted by atomic mass is 10.1. The molecule has 0 bridgehead atoms. The first-order valence-corrected chi connectivity index (χ1v) is 5.62. The molecule has 0 unspecified atom stereocenters. The molecule has 2 rings (SSSR count). The van der Waals surface area contributed by atoms with Crippen molar-refractivity contribution >= 4 is 11.4 Å². The van der Waals surface area contributed by atoms with Crippen molar-refractivity contribution in [2.75, 3.05) is 12.4 Å². The number of benzene rings is 2. The first-order valence-electron chi connectivity index (χ1n) is 5.62. The predicted octanol–water partition coefficient (Wildman–Crippen LogP) is 3.18. The summed E-state index contributed by atoms with van der Waals surface area (Å²) in [5.41, 5.74) is 2.51. The number of anilines is 2. The number of nitriles is 2. The molecule has 0 fully saturated rings. The van der Waals surface area contributed by atoms with Crippen LogP contribution in [0.3, 0.4) is 0 Å². The first kappa shape index (κ1) is 12.5. The number of hydrogen-bond acceptors (Lipinski definition) is 4. The fraction of sp³-hybridized carbons (Fsp3) is 0.0667. The minimum Gasteiger partial charge on any atom is -0.495 e. The van der Waals surface area contributed by atoms with E-state index in [0.717, 1.165) is 5.69 Å². The Labute approximate surface area is 111 Å². The van der Waals surface area contributed by atoms with E-state index in [-0.39, 0.29) is 0 Å². The average Bonchev–Trinajstić information content (AvgIpc) is 2.48. The summed E-state index contributed by atoms with van der Waals surface area (Å²) in [4.78, 5) is 0. The molecule has 92 valence electrons. The minimum absolute atomic E-state index is 0.503. The Morgan fingerprint density at radius 2 is 1.74 bits per heavy atom. The number of para-hydroxylation sites is 1. The van der Waals surface area contributed by atoms with Gasteiger partial charge < -0.3 is 10.1 Å². The molecule has 0 saturated carbocycles. The Kier molecular flexibility index (Phi) is 3.66. The van der Waals surface area contributed by atoms with Gasteiger partial charge in [0, 0.05) is 5.69 Å². The summed E-state index contributed by atoms with van der Waals surface area (Å²) in [7, 11) is 1.56. The summed E-state index contributed by atoms with van der Waals surface area (Å²) >= 11 is 0. The van der Waals surface area contributed by atoms with Crippen LogP contribution in [0, 0.1) is 22.7 Å². The van der Waals surface area contributed by atoms with Gasteiger partial charge >= 0.3 is 0 Å². The van der Waals surface area contributed by atoms with Crippen LogP contribution in [0.15, 0.2) is 42.5 Å². The third-order valence-corrected chi connectivity index (χ3v) is 2.65. The second-order valence-corrected chi connectivity index (χ2v) is 3.81. The second-order valence-electron chi connectivity index (χ2n) is 3.81. The van der Waals surface area contributed by atoms with Crippen LogP contribution in [0.5, 0.6) is 5.75 Å². The standard InChI is InChI=1S/C15H11N3O/c1-19-14-4-2-3-12(10-17)15(14)18-13-7-5-11(9-16)6-8-13/h2-8,18H,1H3. The topological polar surface area (TPSA) is 68.8 Å². The Morgan fingerprint density at radius 3 is 2.32 bits per heavy atom. The molecule has 0 saturated heterocycles. The van der Waals surface area contributed by atoms with Crippen LogP contribution >= 0.6 is 0 Å². The highest BCUT2D eigenvalue weighted by Gasteiger charge is 2.08. The largest absolute Gasteiger partial charge is 0.495 e. The van der Waals surface area contributed by atoms with E-state index in [4.69, 9.17) is 15.3 Å². The smallest absolute Gasteiger partial charge is 0.143 e. The molecular formula is C15H11N3O. The number of nitrogens with zero attached hydrogens (tertiary/aromatic N) is 2. The normalized spacial score (nSPS) is 9.21. The van der Waals surface area contributed by atoms with Gasteiger partial charge in [-0.15, -0.1) is 0 Å². The van der Waals surface area contributed by atoms with Gasteiger partial charge in [-0.05, 0) is 36.4 Å². The Morgan fingerprint density at radius 1 is 1.00 bits per heavy atom. The van der Waals surface area contributed by atoms with Gasteiger partial charge in [0.25, 0.3) is 0 Å². The molecule has 0 aliphatic rings. The van der Waals surface area contributed by atoms with Gasteiger partial charge in [0.05, 0.1) is 30.0 Å². The van der Waals surface area contributed by atoms with Crippen molar-refractivity contribution in [3.8, 4) is 17.9 Å². The number of rotatable bonds is 3. The Balaban J connectivity index is 2.37. The van der Waals surface area contributed by atoms with Gasteiger partial charge in [-0.1, -0.05) is 6.07 Å². The summed E-state index contributed by atoms with van der Waals surface area (Å²) in [6.45, 7) is 0. The van der Waals surface area contributed by atoms with Crippen molar-refractivity contribution in [1.29, 1.82) is 10.5 Å². The van der Waals surface area contributed by atoms with Crippen molar-refractivity contribution in [2.45, 2.75) is 0 Å². The summed E-state index contributed by atoms with van der Waals surface area (Å²) in [5.74, 6) is 0.600. The third-order valence-electron chi connectivity index (χ3n) is 2.65. The van der Waals surface area contributed by atoms with Crippen molar-refractivity contribution < 1.29 is 4.74 Å². The van der Waals surface area contributed by atoms with E-state index in [2.05, 4.69) is 17.5 Å². The predicted molar refractivity (Wildman–Crippen MR) is 72.1 cm³/mol. The zero-order chi connectivity index (χ0) is 13.7. The average molecular weight is 249 g/mol. The molecule has 0 radical (unpaired) electrons. The third kappa shape index (κ3) is 2.65. The molecule has 1 N–H and O–H groups in total. The molecule has 0 heterocycles. The number of methoxy groups -OCH3 is 1. The monoisotopic (exact) mass is 249 g/mol. The highest BCUT2D eigenvalue weighted by Crippen LogP contribution is 2.30. The van der Waals surface area contributed by atoms with Crippen LogP contribution in [0.25, 0.3) is 0 Å². The second kappa shape index (κ2) is 5.57. The van der Waals surface area contributed by atoms with Crippen LogP contribution < -0.4 is 10.1 Å². The summed E-state index contributed by atoms with van der Waals surface area (Å²) < 4.78 is 5.24. The van der Waals surface area contributed by atoms with E-state index in [1.54, 1.807) is 49.6 Å². The number of hydrogen-bond donors (Lipinski definition) is 1. The molecule has 4 heteroatoms. The molecule has 0 aliphatic heterocycles. The Hall–Kier alpha value is -2.98. The molecule has 4 nitrogen and oxygen atoms in total. The Bertz CT molecular complexity index is 663. The molecule has 2 aromatic rings. The van der Waals surface area contributed by atoms with Gasteiger partial charge in [-0.25, -0.2) is 0 Å². The molecule has 0 aliphatic carbocycles. The maximum atomic E-state index is 9.11. The van der Waals surface area contributed by atoms with Gasteiger partial charge in [0.1, 0.15) is 11.8 Å². The molecule has 19 heavy (non-hydrogen) atoms. The zero-order valence-electron chi connectivity index (χ0n) is 10.3. The van der Waals surface area contributed by atoms with Crippen molar-refractivity contribution in [3.05, 3.63) is 53.6 Å². The van der Waals surface area contributed by atoms with Crippen molar-refractivity contribution in [1.82, 2.24) is 0 Å². The molecular weight excluding hydrogens is 238 g/mol. The van der Waals surface area contributed by atoms with Gasteiger partial charge in [-0.2, -0.15) is 10.5 Å². The molecule has 0 amide bonds. The summed E-state index contributed by atoms with van der Waals surface area (Å²) in [6.07, 6.45) is 0. The van der Waals surface area contributed by atoms with Gasteiger partial charge in [-0.3, -0.25) is 0 Å². The van der Waals surface area contributed by atoms with E-state index in [0.29, 0.717) is 22.6 Å². The lowest BCUT2D eigenvalue weighted by Gasteiger charge is -2.12. The quantitative estimate of drug-likeness (QED) is 0.907. The first-order chi connectivity index (χ1) is 9.28. The van der Waals surface area contributed by atoms with E-state index in [9.17, 15) is 0 Å². The lowest BCUT2D eigenvalue weighted by Crippen LogP contribution is -1.97. The van der Waals surface area contributed by atoms with Crippen molar-refractivity contribution in [2.24, 2.45) is 0 Å². The van der Waals surface area contributed by atoms with E-state index in [1.165, 1.54) is 0 Å². The van der Waals surface area contributed by atoms with Crippen LogP contribution in [-0.2, 0) is 0 Å². The van der Waals surface area contributed by atoms with Gasteiger partial charge in [0.15, 0.2) is 0 Å². The van der Waals surface area contributed by atoms with Crippen LogP contribution in [0.2, 0.25) is 0 Å². The van der Waals surface area contributed by atoms with Crippen LogP contribution in [0.4, 0.5) is 11.4 Å². The lowest BCUT2D eigenvalue weighted by molar-refractivity contribution is 0.416. The SMILES string of the molecule is COc1cccc(C#N)c1Nc1ccc(C#N)cc1. The molecule has 0 aromatic heterocycles. The van der Waals surface area contributed by atoms with Gasteiger partial charge in [0.2, 0.25) is 0 Å². The summed E-state index contributed by atoms with van der Waals surface area (Å²) in [6, 6.07) is 16.4.